The van der Waals surface area contributed by atoms with Crippen LogP contribution in [0, 0.1) is 11.8 Å². The molecule has 2 atom stereocenters. The Kier molecular flexibility index (Phi) is 5.95. The Morgan fingerprint density at radius 1 is 1.44 bits per heavy atom. The van der Waals surface area contributed by atoms with Gasteiger partial charge in [0.05, 0.1) is 5.92 Å². The minimum Gasteiger partial charge on any atom is -0.409 e. The zero-order chi connectivity index (χ0) is 13.5. The molecule has 0 aromatic carbocycles. The van der Waals surface area contributed by atoms with Crippen LogP contribution >= 0.6 is 0 Å². The molecule has 2 unspecified atom stereocenters. The van der Waals surface area contributed by atoms with E-state index in [-0.39, 0.29) is 11.7 Å². The summed E-state index contributed by atoms with van der Waals surface area (Å²) in [5.41, 5.74) is 5.58. The Morgan fingerprint density at radius 2 is 2.17 bits per heavy atom. The SMILES string of the molecule is CCC1CCCN(C(=O)C(CC)C(N)=NO)CC1. The van der Waals surface area contributed by atoms with Crippen molar-refractivity contribution < 1.29 is 10.0 Å². The number of nitrogens with two attached hydrogens (primary N) is 1. The third-order valence-electron chi connectivity index (χ3n) is 3.92. The maximum absolute atomic E-state index is 12.3. The molecular weight excluding hydrogens is 230 g/mol. The van der Waals surface area contributed by atoms with Crippen molar-refractivity contribution in [2.45, 2.75) is 46.0 Å². The fraction of sp³-hybridized carbons (Fsp3) is 0.846. The lowest BCUT2D eigenvalue weighted by Gasteiger charge is -2.25. The Labute approximate surface area is 109 Å². The topological polar surface area (TPSA) is 78.9 Å². The first-order valence-corrected chi connectivity index (χ1v) is 6.90. The summed E-state index contributed by atoms with van der Waals surface area (Å²) in [6, 6.07) is 0. The van der Waals surface area contributed by atoms with E-state index in [1.165, 1.54) is 12.8 Å². The van der Waals surface area contributed by atoms with Crippen LogP contribution in [0.1, 0.15) is 46.0 Å². The zero-order valence-corrected chi connectivity index (χ0v) is 11.4. The lowest BCUT2D eigenvalue weighted by Crippen LogP contribution is -2.42. The summed E-state index contributed by atoms with van der Waals surface area (Å²) < 4.78 is 0. The number of oxime groups is 1. The molecule has 1 saturated heterocycles. The van der Waals surface area contributed by atoms with Gasteiger partial charge in [0.15, 0.2) is 5.84 Å². The number of hydrogen-bond acceptors (Lipinski definition) is 3. The number of amides is 1. The van der Waals surface area contributed by atoms with Gasteiger partial charge in [-0.3, -0.25) is 4.79 Å². The minimum atomic E-state index is -0.479. The number of hydrogen-bond donors (Lipinski definition) is 2. The van der Waals surface area contributed by atoms with Crippen LogP contribution in [0.15, 0.2) is 5.16 Å². The number of likely N-dealkylation sites (tertiary alicyclic amines) is 1. The van der Waals surface area contributed by atoms with Crippen LogP contribution in [-0.4, -0.2) is 34.9 Å². The van der Waals surface area contributed by atoms with Crippen LogP contribution in [0.3, 0.4) is 0 Å². The van der Waals surface area contributed by atoms with E-state index in [1.54, 1.807) is 0 Å². The second-order valence-corrected chi connectivity index (χ2v) is 5.02. The summed E-state index contributed by atoms with van der Waals surface area (Å²) in [5.74, 6) is 0.281. The predicted molar refractivity (Wildman–Crippen MR) is 71.4 cm³/mol. The number of carbonyl (C=O) groups is 1. The Balaban J connectivity index is 2.65. The maximum atomic E-state index is 12.3. The van der Waals surface area contributed by atoms with Crippen molar-refractivity contribution >= 4 is 11.7 Å². The zero-order valence-electron chi connectivity index (χ0n) is 11.4. The van der Waals surface area contributed by atoms with Gasteiger partial charge in [-0.15, -0.1) is 0 Å². The van der Waals surface area contributed by atoms with Crippen molar-refractivity contribution in [2.75, 3.05) is 13.1 Å². The molecule has 0 aromatic rings. The number of carbonyl (C=O) groups excluding carboxylic acids is 1. The molecule has 3 N–H and O–H groups in total. The molecule has 1 fully saturated rings. The average molecular weight is 255 g/mol. The number of amidine groups is 1. The molecule has 18 heavy (non-hydrogen) atoms. The van der Waals surface area contributed by atoms with Crippen molar-refractivity contribution in [1.82, 2.24) is 4.90 Å². The first kappa shape index (κ1) is 14.8. The van der Waals surface area contributed by atoms with Crippen molar-refractivity contribution in [1.29, 1.82) is 0 Å². The number of rotatable bonds is 4. The van der Waals surface area contributed by atoms with Crippen LogP contribution in [-0.2, 0) is 4.79 Å². The second-order valence-electron chi connectivity index (χ2n) is 5.02. The smallest absolute Gasteiger partial charge is 0.233 e. The third kappa shape index (κ3) is 3.62. The van der Waals surface area contributed by atoms with Crippen molar-refractivity contribution in [3.05, 3.63) is 0 Å². The fourth-order valence-electron chi connectivity index (χ4n) is 2.59. The van der Waals surface area contributed by atoms with Gasteiger partial charge in [-0.1, -0.05) is 25.4 Å². The molecule has 1 amide bonds. The normalized spacial score (nSPS) is 23.6. The summed E-state index contributed by atoms with van der Waals surface area (Å²) in [6.45, 7) is 5.68. The molecule has 1 aliphatic heterocycles. The molecule has 5 nitrogen and oxygen atoms in total. The van der Waals surface area contributed by atoms with E-state index in [9.17, 15) is 4.79 Å². The van der Waals surface area contributed by atoms with Crippen molar-refractivity contribution in [3.63, 3.8) is 0 Å². The van der Waals surface area contributed by atoms with E-state index < -0.39 is 5.92 Å². The first-order valence-electron chi connectivity index (χ1n) is 6.90. The van der Waals surface area contributed by atoms with Gasteiger partial charge in [-0.25, -0.2) is 0 Å². The summed E-state index contributed by atoms with van der Waals surface area (Å²) in [6.07, 6.45) is 5.06. The molecule has 0 bridgehead atoms. The molecule has 1 heterocycles. The van der Waals surface area contributed by atoms with Gasteiger partial charge in [0, 0.05) is 13.1 Å². The van der Waals surface area contributed by atoms with Crippen LogP contribution in [0.2, 0.25) is 0 Å². The van der Waals surface area contributed by atoms with Crippen LogP contribution in [0.5, 0.6) is 0 Å². The molecule has 0 aromatic heterocycles. The highest BCUT2D eigenvalue weighted by molar-refractivity contribution is 6.02. The molecule has 1 rings (SSSR count). The molecule has 0 saturated carbocycles. The Morgan fingerprint density at radius 3 is 2.72 bits per heavy atom. The molecule has 0 spiro atoms. The summed E-state index contributed by atoms with van der Waals surface area (Å²) in [5, 5.41) is 11.7. The predicted octanol–water partition coefficient (Wildman–Crippen LogP) is 1.80. The second kappa shape index (κ2) is 7.24. The van der Waals surface area contributed by atoms with Gasteiger partial charge in [-0.05, 0) is 31.6 Å². The van der Waals surface area contributed by atoms with E-state index in [0.717, 1.165) is 31.8 Å². The van der Waals surface area contributed by atoms with E-state index in [1.807, 2.05) is 11.8 Å². The Bertz CT molecular complexity index is 305. The summed E-state index contributed by atoms with van der Waals surface area (Å²) >= 11 is 0. The lowest BCUT2D eigenvalue weighted by atomic mass is 9.98. The highest BCUT2D eigenvalue weighted by atomic mass is 16.4. The van der Waals surface area contributed by atoms with Crippen molar-refractivity contribution in [2.24, 2.45) is 22.7 Å². The Hall–Kier alpha value is -1.26. The van der Waals surface area contributed by atoms with E-state index in [2.05, 4.69) is 12.1 Å². The molecule has 104 valence electrons. The summed E-state index contributed by atoms with van der Waals surface area (Å²) in [4.78, 5) is 14.2. The summed E-state index contributed by atoms with van der Waals surface area (Å²) in [7, 11) is 0. The lowest BCUT2D eigenvalue weighted by molar-refractivity contribution is -0.133. The van der Waals surface area contributed by atoms with Crippen LogP contribution in [0.25, 0.3) is 0 Å². The quantitative estimate of drug-likeness (QED) is 0.348. The molecular formula is C13H25N3O2. The molecule has 1 aliphatic rings. The van der Waals surface area contributed by atoms with Gasteiger partial charge < -0.3 is 15.8 Å². The monoisotopic (exact) mass is 255 g/mol. The van der Waals surface area contributed by atoms with Gasteiger partial charge in [0.25, 0.3) is 0 Å². The maximum Gasteiger partial charge on any atom is 0.233 e. The molecule has 0 radical (unpaired) electrons. The first-order chi connectivity index (χ1) is 8.63. The standard InChI is InChI=1S/C13H25N3O2/c1-3-10-6-5-8-16(9-7-10)13(17)11(4-2)12(14)15-18/h10-11,18H,3-9H2,1-2H3,(H2,14,15). The van der Waals surface area contributed by atoms with E-state index in [4.69, 9.17) is 10.9 Å². The van der Waals surface area contributed by atoms with Crippen molar-refractivity contribution in [3.8, 4) is 0 Å². The van der Waals surface area contributed by atoms with Crippen LogP contribution in [0.4, 0.5) is 0 Å². The van der Waals surface area contributed by atoms with Gasteiger partial charge >= 0.3 is 0 Å². The number of nitrogens with zero attached hydrogens (tertiary/aromatic N) is 2. The van der Waals surface area contributed by atoms with Gasteiger partial charge in [-0.2, -0.15) is 0 Å². The van der Waals surface area contributed by atoms with E-state index in [0.29, 0.717) is 6.42 Å². The minimum absolute atomic E-state index is 0.00422. The third-order valence-corrected chi connectivity index (χ3v) is 3.92. The molecule has 5 heteroatoms. The van der Waals surface area contributed by atoms with Gasteiger partial charge in [0.2, 0.25) is 5.91 Å². The highest BCUT2D eigenvalue weighted by Gasteiger charge is 2.28. The van der Waals surface area contributed by atoms with Gasteiger partial charge in [0.1, 0.15) is 0 Å². The highest BCUT2D eigenvalue weighted by Crippen LogP contribution is 2.21. The van der Waals surface area contributed by atoms with E-state index >= 15 is 0 Å². The average Bonchev–Trinajstić information content (AvgIpc) is 2.64. The fourth-order valence-corrected chi connectivity index (χ4v) is 2.59. The van der Waals surface area contributed by atoms with Crippen LogP contribution < -0.4 is 5.73 Å². The largest absolute Gasteiger partial charge is 0.409 e. The molecule has 0 aliphatic carbocycles.